The molecule has 5 aliphatic rings. The summed E-state index contributed by atoms with van der Waals surface area (Å²) in [5.74, 6) is -0.453. The first-order chi connectivity index (χ1) is 15.2. The summed E-state index contributed by atoms with van der Waals surface area (Å²) in [6.45, 7) is 13.4. The van der Waals surface area contributed by atoms with Crippen LogP contribution in [0.1, 0.15) is 86.5 Å². The Morgan fingerprint density at radius 2 is 1.67 bits per heavy atom. The van der Waals surface area contributed by atoms with E-state index >= 15 is 0 Å². The fourth-order valence-electron chi connectivity index (χ4n) is 9.56. The molecule has 0 amide bonds. The number of carboxylic acids is 1. The molecule has 1 N–H and O–H groups in total. The van der Waals surface area contributed by atoms with Crippen LogP contribution in [0.3, 0.4) is 0 Å². The van der Waals surface area contributed by atoms with Gasteiger partial charge in [-0.15, -0.1) is 0 Å². The highest BCUT2D eigenvalue weighted by atomic mass is 16.4. The van der Waals surface area contributed by atoms with Crippen LogP contribution in [0.2, 0.25) is 0 Å². The Morgan fingerprint density at radius 1 is 0.970 bits per heavy atom. The van der Waals surface area contributed by atoms with E-state index in [4.69, 9.17) is 0 Å². The van der Waals surface area contributed by atoms with Gasteiger partial charge >= 0.3 is 5.97 Å². The highest BCUT2D eigenvalue weighted by Gasteiger charge is 2.69. The lowest BCUT2D eigenvalue weighted by molar-refractivity contribution is -0.169. The number of hydrogen-bond acceptors (Lipinski definition) is 3. The van der Waals surface area contributed by atoms with E-state index in [1.54, 1.807) is 6.08 Å². The Labute approximate surface area is 198 Å². The van der Waals surface area contributed by atoms with Crippen molar-refractivity contribution in [1.29, 1.82) is 0 Å². The van der Waals surface area contributed by atoms with E-state index in [0.717, 1.165) is 38.5 Å². The number of fused-ring (bicyclic) bond motifs is 7. The quantitative estimate of drug-likeness (QED) is 0.529. The monoisotopic (exact) mass is 452 g/mol. The molecule has 4 heteroatoms. The molecule has 180 valence electrons. The van der Waals surface area contributed by atoms with E-state index in [-0.39, 0.29) is 56.9 Å². The minimum Gasteiger partial charge on any atom is -0.481 e. The highest BCUT2D eigenvalue weighted by Crippen LogP contribution is 2.73. The molecule has 0 bridgehead atoms. The zero-order chi connectivity index (χ0) is 24.2. The van der Waals surface area contributed by atoms with Gasteiger partial charge in [0.1, 0.15) is 0 Å². The zero-order valence-corrected chi connectivity index (χ0v) is 21.2. The second-order valence-corrected chi connectivity index (χ2v) is 13.6. The van der Waals surface area contributed by atoms with E-state index in [9.17, 15) is 19.5 Å². The van der Waals surface area contributed by atoms with Crippen molar-refractivity contribution in [3.8, 4) is 0 Å². The molecule has 0 spiro atoms. The third-order valence-electron chi connectivity index (χ3n) is 11.9. The van der Waals surface area contributed by atoms with Crippen LogP contribution in [0.15, 0.2) is 23.8 Å². The maximum atomic E-state index is 14.1. The Hall–Kier alpha value is -1.71. The fraction of sp³-hybridized carbons (Fsp3) is 0.759. The van der Waals surface area contributed by atoms with Crippen molar-refractivity contribution in [2.45, 2.75) is 86.5 Å². The van der Waals surface area contributed by atoms with Crippen molar-refractivity contribution in [2.24, 2.45) is 50.7 Å². The van der Waals surface area contributed by atoms with Crippen LogP contribution in [0.5, 0.6) is 0 Å². The molecular weight excluding hydrogens is 412 g/mol. The van der Waals surface area contributed by atoms with Gasteiger partial charge in [0, 0.05) is 16.7 Å². The normalized spacial score (nSPS) is 50.4. The molecule has 0 aromatic heterocycles. The minimum atomic E-state index is -0.691. The molecule has 4 nitrogen and oxygen atoms in total. The third-order valence-corrected chi connectivity index (χ3v) is 11.9. The van der Waals surface area contributed by atoms with Crippen molar-refractivity contribution >= 4 is 17.5 Å². The average Bonchev–Trinajstić information content (AvgIpc) is 2.72. The molecule has 8 atom stereocenters. The van der Waals surface area contributed by atoms with Gasteiger partial charge in [0.05, 0.1) is 5.92 Å². The van der Waals surface area contributed by atoms with E-state index in [1.807, 2.05) is 6.08 Å². The standard InChI is InChI=1S/C29H40O4/c1-25(2)21-8-12-29(6)23(27(21,4)11-9-22(25)31)20(30)16-19-18-15-17(24(32)33)7-10-26(18,3)13-14-28(19,29)5/h9,11,16-18,21,23H,7-8,10,12-15H2,1-6H3,(H,32,33)/t17-,18+,21-,23+,26+,27-,28+,29+/m0/s1. The molecule has 33 heavy (non-hydrogen) atoms. The number of allylic oxidation sites excluding steroid dienone is 4. The van der Waals surface area contributed by atoms with Crippen LogP contribution in [0.4, 0.5) is 0 Å². The van der Waals surface area contributed by atoms with Gasteiger partial charge in [-0.1, -0.05) is 53.2 Å². The molecule has 0 aromatic rings. The Bertz CT molecular complexity index is 1000. The first-order valence-electron chi connectivity index (χ1n) is 12.9. The summed E-state index contributed by atoms with van der Waals surface area (Å²) >= 11 is 0. The predicted molar refractivity (Wildman–Crippen MR) is 127 cm³/mol. The summed E-state index contributed by atoms with van der Waals surface area (Å²) in [6.07, 6.45) is 12.1. The maximum absolute atomic E-state index is 14.1. The van der Waals surface area contributed by atoms with Crippen LogP contribution in [-0.4, -0.2) is 22.6 Å². The van der Waals surface area contributed by atoms with E-state index in [1.165, 1.54) is 5.57 Å². The molecule has 3 fully saturated rings. The first-order valence-corrected chi connectivity index (χ1v) is 12.9. The number of carbonyl (C=O) groups excluding carboxylic acids is 2. The maximum Gasteiger partial charge on any atom is 0.306 e. The summed E-state index contributed by atoms with van der Waals surface area (Å²) in [5, 5.41) is 9.78. The Kier molecular flexibility index (Phi) is 4.68. The third kappa shape index (κ3) is 2.73. The molecule has 0 unspecified atom stereocenters. The van der Waals surface area contributed by atoms with Gasteiger partial charge in [0.15, 0.2) is 11.6 Å². The Balaban J connectivity index is 1.64. The number of carboxylic acid groups (broad SMARTS) is 1. The zero-order valence-electron chi connectivity index (χ0n) is 21.2. The summed E-state index contributed by atoms with van der Waals surface area (Å²) < 4.78 is 0. The lowest BCUT2D eigenvalue weighted by atomic mass is 9.34. The minimum absolute atomic E-state index is 0.0844. The number of rotatable bonds is 1. The van der Waals surface area contributed by atoms with Crippen LogP contribution in [0, 0.1) is 50.7 Å². The summed E-state index contributed by atoms with van der Waals surface area (Å²) in [4.78, 5) is 38.7. The fourth-order valence-corrected chi connectivity index (χ4v) is 9.56. The lowest BCUT2D eigenvalue weighted by Gasteiger charge is -2.68. The topological polar surface area (TPSA) is 71.4 Å². The molecule has 0 radical (unpaired) electrons. The van der Waals surface area contributed by atoms with Crippen LogP contribution in [0.25, 0.3) is 0 Å². The number of aliphatic carboxylic acids is 1. The molecule has 0 aromatic carbocycles. The van der Waals surface area contributed by atoms with E-state index < -0.39 is 11.4 Å². The summed E-state index contributed by atoms with van der Waals surface area (Å²) in [6, 6.07) is 0. The first kappa shape index (κ1) is 23.1. The van der Waals surface area contributed by atoms with Crippen molar-refractivity contribution in [2.75, 3.05) is 0 Å². The van der Waals surface area contributed by atoms with E-state index in [2.05, 4.69) is 47.6 Å². The highest BCUT2D eigenvalue weighted by molar-refractivity contribution is 5.99. The number of hydrogen-bond donors (Lipinski definition) is 1. The number of carbonyl (C=O) groups is 3. The molecule has 0 aliphatic heterocycles. The lowest BCUT2D eigenvalue weighted by Crippen LogP contribution is -2.65. The average molecular weight is 453 g/mol. The van der Waals surface area contributed by atoms with Gasteiger partial charge in [0.2, 0.25) is 0 Å². The second kappa shape index (κ2) is 6.70. The molecule has 3 saturated carbocycles. The van der Waals surface area contributed by atoms with Crippen molar-refractivity contribution < 1.29 is 19.5 Å². The van der Waals surface area contributed by atoms with Gasteiger partial charge < -0.3 is 5.11 Å². The van der Waals surface area contributed by atoms with Crippen molar-refractivity contribution in [1.82, 2.24) is 0 Å². The molecule has 5 rings (SSSR count). The molecule has 0 heterocycles. The predicted octanol–water partition coefficient (Wildman–Crippen LogP) is 6.01. The van der Waals surface area contributed by atoms with Gasteiger partial charge in [-0.25, -0.2) is 0 Å². The van der Waals surface area contributed by atoms with Gasteiger partial charge in [0.25, 0.3) is 0 Å². The van der Waals surface area contributed by atoms with Gasteiger partial charge in [-0.05, 0) is 85.2 Å². The molecular formula is C29H40O4. The Morgan fingerprint density at radius 3 is 2.33 bits per heavy atom. The van der Waals surface area contributed by atoms with Crippen LogP contribution >= 0.6 is 0 Å². The molecule has 5 aliphatic carbocycles. The summed E-state index contributed by atoms with van der Waals surface area (Å²) in [5.41, 5.74) is 0.202. The van der Waals surface area contributed by atoms with Crippen molar-refractivity contribution in [3.63, 3.8) is 0 Å². The summed E-state index contributed by atoms with van der Waals surface area (Å²) in [7, 11) is 0. The van der Waals surface area contributed by atoms with Crippen LogP contribution < -0.4 is 0 Å². The van der Waals surface area contributed by atoms with Gasteiger partial charge in [-0.2, -0.15) is 0 Å². The SMILES string of the molecule is CC1(C)C(=O)C=C[C@]2(C)[C@H]3C(=O)C=C4[C@H]5C[C@@H](C(=O)O)CC[C@]5(C)CC[C@@]4(C)[C@]3(C)CC[C@@H]12. The van der Waals surface area contributed by atoms with Crippen LogP contribution in [-0.2, 0) is 14.4 Å². The van der Waals surface area contributed by atoms with E-state index in [0.29, 0.717) is 6.42 Å². The largest absolute Gasteiger partial charge is 0.481 e. The van der Waals surface area contributed by atoms with Crippen molar-refractivity contribution in [3.05, 3.63) is 23.8 Å². The number of ketones is 2. The molecule has 0 saturated heterocycles. The smallest absolute Gasteiger partial charge is 0.306 e. The second-order valence-electron chi connectivity index (χ2n) is 13.6. The van der Waals surface area contributed by atoms with Gasteiger partial charge in [-0.3, -0.25) is 14.4 Å².